The summed E-state index contributed by atoms with van der Waals surface area (Å²) < 4.78 is 10.7. The Kier molecular flexibility index (Phi) is 9.56. The van der Waals surface area contributed by atoms with Gasteiger partial charge in [-0.1, -0.05) is 48.5 Å². The molecule has 9 nitrogen and oxygen atoms in total. The molecule has 0 saturated heterocycles. The summed E-state index contributed by atoms with van der Waals surface area (Å²) in [5, 5.41) is 25.3. The fourth-order valence-electron chi connectivity index (χ4n) is 3.28. The first-order valence-corrected chi connectivity index (χ1v) is 11.4. The number of benzene rings is 3. The molecule has 3 aromatic rings. The molecule has 3 aromatic carbocycles. The summed E-state index contributed by atoms with van der Waals surface area (Å²) in [7, 11) is 0. The Morgan fingerprint density at radius 1 is 0.778 bits per heavy atom. The van der Waals surface area contributed by atoms with E-state index in [1.165, 1.54) is 0 Å². The monoisotopic (exact) mass is 492 g/mol. The Bertz CT molecular complexity index is 1140. The van der Waals surface area contributed by atoms with E-state index in [0.29, 0.717) is 17.2 Å². The highest BCUT2D eigenvalue weighted by atomic mass is 16.5. The van der Waals surface area contributed by atoms with Gasteiger partial charge in [0.2, 0.25) is 0 Å². The Balaban J connectivity index is 1.58. The maximum atomic E-state index is 12.5. The number of aliphatic hydroxyl groups excluding tert-OH is 2. The zero-order valence-electron chi connectivity index (χ0n) is 19.7. The van der Waals surface area contributed by atoms with Crippen LogP contribution in [0.4, 0.5) is 5.69 Å². The number of carbonyl (C=O) groups is 3. The molecule has 2 amide bonds. The molecule has 0 aliphatic rings. The van der Waals surface area contributed by atoms with E-state index in [4.69, 9.17) is 9.47 Å². The predicted molar refractivity (Wildman–Crippen MR) is 132 cm³/mol. The molecule has 0 radical (unpaired) electrons. The van der Waals surface area contributed by atoms with Crippen LogP contribution < -0.4 is 15.4 Å². The zero-order chi connectivity index (χ0) is 25.9. The number of amides is 2. The van der Waals surface area contributed by atoms with Crippen LogP contribution >= 0.6 is 0 Å². The minimum absolute atomic E-state index is 0.1000. The Labute approximate surface area is 208 Å². The number of anilines is 1. The highest BCUT2D eigenvalue weighted by Crippen LogP contribution is 2.22. The topological polar surface area (TPSA) is 134 Å². The van der Waals surface area contributed by atoms with Crippen LogP contribution in [0.5, 0.6) is 11.5 Å². The SMILES string of the molecule is CCOC(=O)[C@@H](Cc1ccccc1)NC(=O)C(O)[C@@H](O)C(=O)Nc1ccc(Oc2ccccc2)cc1. The van der Waals surface area contributed by atoms with Crippen molar-refractivity contribution < 1.29 is 34.1 Å². The number of carbonyl (C=O) groups excluding carboxylic acids is 3. The van der Waals surface area contributed by atoms with Gasteiger partial charge in [0.15, 0.2) is 12.2 Å². The highest BCUT2D eigenvalue weighted by Gasteiger charge is 2.33. The summed E-state index contributed by atoms with van der Waals surface area (Å²) in [6.45, 7) is 1.73. The van der Waals surface area contributed by atoms with E-state index < -0.39 is 36.0 Å². The first-order chi connectivity index (χ1) is 17.4. The highest BCUT2D eigenvalue weighted by molar-refractivity contribution is 5.99. The average Bonchev–Trinajstić information content (AvgIpc) is 2.89. The number of para-hydroxylation sites is 1. The standard InChI is InChI=1S/C27H28N2O7/c1-2-35-27(34)22(17-18-9-5-3-6-10-18)29-26(33)24(31)23(30)25(32)28-19-13-15-21(16-14-19)36-20-11-7-4-8-12-20/h3-16,22-24,30-31H,2,17H2,1H3,(H,28,32)(H,29,33)/t22-,23-,24?/m1/s1. The van der Waals surface area contributed by atoms with Gasteiger partial charge in [-0.05, 0) is 48.9 Å². The molecule has 188 valence electrons. The Hall–Kier alpha value is -4.21. The molecule has 0 fully saturated rings. The lowest BCUT2D eigenvalue weighted by atomic mass is 10.0. The summed E-state index contributed by atoms with van der Waals surface area (Å²) in [4.78, 5) is 37.3. The summed E-state index contributed by atoms with van der Waals surface area (Å²) in [5.41, 5.74) is 1.07. The number of hydrogen-bond acceptors (Lipinski definition) is 7. The van der Waals surface area contributed by atoms with E-state index in [1.54, 1.807) is 67.6 Å². The lowest BCUT2D eigenvalue weighted by molar-refractivity contribution is -0.150. The Morgan fingerprint density at radius 3 is 1.94 bits per heavy atom. The van der Waals surface area contributed by atoms with Gasteiger partial charge >= 0.3 is 5.97 Å². The van der Waals surface area contributed by atoms with Crippen molar-refractivity contribution in [1.82, 2.24) is 5.32 Å². The van der Waals surface area contributed by atoms with E-state index in [-0.39, 0.29) is 13.0 Å². The van der Waals surface area contributed by atoms with Crippen LogP contribution in [0.1, 0.15) is 12.5 Å². The lowest BCUT2D eigenvalue weighted by Crippen LogP contribution is -2.52. The van der Waals surface area contributed by atoms with Crippen LogP contribution in [-0.2, 0) is 25.5 Å². The van der Waals surface area contributed by atoms with Gasteiger partial charge in [0, 0.05) is 12.1 Å². The maximum absolute atomic E-state index is 12.5. The smallest absolute Gasteiger partial charge is 0.328 e. The second-order valence-corrected chi connectivity index (χ2v) is 7.82. The van der Waals surface area contributed by atoms with E-state index in [9.17, 15) is 24.6 Å². The minimum atomic E-state index is -2.11. The van der Waals surface area contributed by atoms with Gasteiger partial charge in [0.25, 0.3) is 11.8 Å². The molecular weight excluding hydrogens is 464 g/mol. The van der Waals surface area contributed by atoms with Crippen molar-refractivity contribution in [2.24, 2.45) is 0 Å². The number of nitrogens with one attached hydrogen (secondary N) is 2. The third kappa shape index (κ3) is 7.66. The van der Waals surface area contributed by atoms with Gasteiger partial charge in [-0.15, -0.1) is 0 Å². The van der Waals surface area contributed by atoms with Crippen molar-refractivity contribution >= 4 is 23.5 Å². The largest absolute Gasteiger partial charge is 0.464 e. The van der Waals surface area contributed by atoms with Crippen LogP contribution in [-0.4, -0.2) is 52.9 Å². The molecule has 3 atom stereocenters. The van der Waals surface area contributed by atoms with Crippen molar-refractivity contribution in [2.45, 2.75) is 31.6 Å². The predicted octanol–water partition coefficient (Wildman–Crippen LogP) is 2.43. The third-order valence-electron chi connectivity index (χ3n) is 5.11. The summed E-state index contributed by atoms with van der Waals surface area (Å²) in [6.07, 6.45) is -4.08. The fraction of sp³-hybridized carbons (Fsp3) is 0.222. The normalized spacial score (nSPS) is 13.1. The number of esters is 1. The minimum Gasteiger partial charge on any atom is -0.464 e. The lowest BCUT2D eigenvalue weighted by Gasteiger charge is -2.21. The number of hydrogen-bond donors (Lipinski definition) is 4. The van der Waals surface area contributed by atoms with Gasteiger partial charge < -0.3 is 30.3 Å². The third-order valence-corrected chi connectivity index (χ3v) is 5.11. The van der Waals surface area contributed by atoms with Crippen molar-refractivity contribution in [3.8, 4) is 11.5 Å². The molecule has 0 aliphatic carbocycles. The second-order valence-electron chi connectivity index (χ2n) is 7.82. The van der Waals surface area contributed by atoms with Crippen molar-refractivity contribution in [1.29, 1.82) is 0 Å². The summed E-state index contributed by atoms with van der Waals surface area (Å²) >= 11 is 0. The number of rotatable bonds is 11. The quantitative estimate of drug-likeness (QED) is 0.302. The number of aliphatic hydroxyl groups is 2. The molecular formula is C27H28N2O7. The van der Waals surface area contributed by atoms with Crippen LogP contribution in [0.15, 0.2) is 84.9 Å². The summed E-state index contributed by atoms with van der Waals surface area (Å²) in [6, 6.07) is 23.3. The van der Waals surface area contributed by atoms with Gasteiger partial charge in [-0.25, -0.2) is 4.79 Å². The van der Waals surface area contributed by atoms with E-state index in [2.05, 4.69) is 10.6 Å². The first-order valence-electron chi connectivity index (χ1n) is 11.4. The molecule has 9 heteroatoms. The Morgan fingerprint density at radius 2 is 1.33 bits per heavy atom. The van der Waals surface area contributed by atoms with Gasteiger partial charge in [0.05, 0.1) is 6.61 Å². The molecule has 1 unspecified atom stereocenters. The molecule has 0 bridgehead atoms. The maximum Gasteiger partial charge on any atom is 0.328 e. The molecule has 0 saturated carbocycles. The molecule has 4 N–H and O–H groups in total. The number of ether oxygens (including phenoxy) is 2. The van der Waals surface area contributed by atoms with Crippen molar-refractivity contribution in [3.05, 3.63) is 90.5 Å². The van der Waals surface area contributed by atoms with Gasteiger partial charge in [0.1, 0.15) is 17.5 Å². The molecule has 3 rings (SSSR count). The van der Waals surface area contributed by atoms with Crippen LogP contribution in [0.3, 0.4) is 0 Å². The van der Waals surface area contributed by atoms with Gasteiger partial charge in [-0.3, -0.25) is 9.59 Å². The molecule has 36 heavy (non-hydrogen) atoms. The second kappa shape index (κ2) is 13.0. The fourth-order valence-corrected chi connectivity index (χ4v) is 3.28. The summed E-state index contributed by atoms with van der Waals surface area (Å²) in [5.74, 6) is -1.60. The van der Waals surface area contributed by atoms with E-state index >= 15 is 0 Å². The van der Waals surface area contributed by atoms with Crippen LogP contribution in [0.2, 0.25) is 0 Å². The molecule has 0 aliphatic heterocycles. The van der Waals surface area contributed by atoms with Crippen LogP contribution in [0, 0.1) is 0 Å². The van der Waals surface area contributed by atoms with Gasteiger partial charge in [-0.2, -0.15) is 0 Å². The van der Waals surface area contributed by atoms with E-state index in [1.807, 2.05) is 24.3 Å². The van der Waals surface area contributed by atoms with Crippen molar-refractivity contribution in [2.75, 3.05) is 11.9 Å². The average molecular weight is 493 g/mol. The first kappa shape index (κ1) is 26.4. The molecule has 0 heterocycles. The molecule has 0 spiro atoms. The van der Waals surface area contributed by atoms with E-state index in [0.717, 1.165) is 5.56 Å². The van der Waals surface area contributed by atoms with Crippen LogP contribution in [0.25, 0.3) is 0 Å². The van der Waals surface area contributed by atoms with Crippen molar-refractivity contribution in [3.63, 3.8) is 0 Å². The molecule has 0 aromatic heterocycles. The zero-order valence-corrected chi connectivity index (χ0v) is 19.7.